The van der Waals surface area contributed by atoms with E-state index in [1.165, 1.54) is 18.2 Å². The fourth-order valence-corrected chi connectivity index (χ4v) is 1.18. The van der Waals surface area contributed by atoms with E-state index >= 15 is 0 Å². The highest BCUT2D eigenvalue weighted by molar-refractivity contribution is 6.32. The van der Waals surface area contributed by atoms with E-state index in [0.29, 0.717) is 10.8 Å². The van der Waals surface area contributed by atoms with Crippen LogP contribution in [0.5, 0.6) is 5.75 Å². The van der Waals surface area contributed by atoms with Gasteiger partial charge in [0.15, 0.2) is 0 Å². The fraction of sp³-hybridized carbons (Fsp3) is 0.111. The molecule has 1 aromatic rings. The average Bonchev–Trinajstić information content (AvgIpc) is 2.14. The van der Waals surface area contributed by atoms with E-state index in [1.807, 2.05) is 0 Å². The molecule has 0 bridgehead atoms. The second-order valence-corrected chi connectivity index (χ2v) is 3.62. The van der Waals surface area contributed by atoms with Crippen LogP contribution in [0.3, 0.4) is 0 Å². The van der Waals surface area contributed by atoms with Crippen molar-refractivity contribution in [2.24, 2.45) is 0 Å². The number of halogens is 2. The summed E-state index contributed by atoms with van der Waals surface area (Å²) in [5.41, 5.74) is -0.159. The molecule has 0 fully saturated rings. The lowest BCUT2D eigenvalue weighted by Crippen LogP contribution is -1.97. The first-order valence-corrected chi connectivity index (χ1v) is 4.66. The van der Waals surface area contributed by atoms with E-state index in [0.717, 1.165) is 0 Å². The largest absolute Gasteiger partial charge is 0.488 e. The van der Waals surface area contributed by atoms with Gasteiger partial charge in [0.1, 0.15) is 17.4 Å². The van der Waals surface area contributed by atoms with E-state index in [9.17, 15) is 10.1 Å². The van der Waals surface area contributed by atoms with Gasteiger partial charge in [-0.2, -0.15) is 0 Å². The summed E-state index contributed by atoms with van der Waals surface area (Å²) in [7, 11) is 0. The Balaban J connectivity index is 2.82. The Morgan fingerprint density at radius 2 is 2.27 bits per heavy atom. The van der Waals surface area contributed by atoms with Crippen molar-refractivity contribution in [3.05, 3.63) is 44.9 Å². The molecule has 0 atom stereocenters. The van der Waals surface area contributed by atoms with Gasteiger partial charge in [0, 0.05) is 17.2 Å². The first kappa shape index (κ1) is 11.8. The maximum Gasteiger partial charge on any atom is 0.288 e. The van der Waals surface area contributed by atoms with Gasteiger partial charge in [0.05, 0.1) is 4.92 Å². The molecule has 0 spiro atoms. The average molecular weight is 248 g/mol. The minimum atomic E-state index is -0.563. The third-order valence-electron chi connectivity index (χ3n) is 1.51. The monoisotopic (exact) mass is 247 g/mol. The second kappa shape index (κ2) is 5.00. The molecule has 0 aliphatic heterocycles. The summed E-state index contributed by atoms with van der Waals surface area (Å²) in [5.74, 6) is 0.410. The van der Waals surface area contributed by atoms with Crippen LogP contribution in [-0.4, -0.2) is 11.5 Å². The van der Waals surface area contributed by atoms with E-state index in [4.69, 9.17) is 27.9 Å². The quantitative estimate of drug-likeness (QED) is 0.606. The molecular formula is C9H7Cl2NO3. The number of rotatable bonds is 4. The van der Waals surface area contributed by atoms with Crippen molar-refractivity contribution in [2.75, 3.05) is 6.61 Å². The SMILES string of the molecule is C=C(Cl)COc1ccc([N+](=O)[O-])c(Cl)c1. The summed E-state index contributed by atoms with van der Waals surface area (Å²) >= 11 is 11.2. The lowest BCUT2D eigenvalue weighted by atomic mass is 10.3. The Morgan fingerprint density at radius 1 is 1.60 bits per heavy atom. The van der Waals surface area contributed by atoms with Crippen LogP contribution >= 0.6 is 23.2 Å². The third kappa shape index (κ3) is 3.42. The Hall–Kier alpha value is -1.26. The minimum Gasteiger partial charge on any atom is -0.488 e. The van der Waals surface area contributed by atoms with Crippen LogP contribution < -0.4 is 4.74 Å². The highest BCUT2D eigenvalue weighted by Gasteiger charge is 2.12. The molecule has 0 saturated heterocycles. The summed E-state index contributed by atoms with van der Waals surface area (Å²) < 4.78 is 5.14. The van der Waals surface area contributed by atoms with Gasteiger partial charge in [-0.1, -0.05) is 29.8 Å². The van der Waals surface area contributed by atoms with Gasteiger partial charge in [-0.15, -0.1) is 0 Å². The van der Waals surface area contributed by atoms with Gasteiger partial charge in [0.25, 0.3) is 5.69 Å². The van der Waals surface area contributed by atoms with Crippen LogP contribution in [-0.2, 0) is 0 Å². The number of hydrogen-bond donors (Lipinski definition) is 0. The van der Waals surface area contributed by atoms with E-state index in [2.05, 4.69) is 6.58 Å². The number of ether oxygens (including phenoxy) is 1. The van der Waals surface area contributed by atoms with Crippen molar-refractivity contribution >= 4 is 28.9 Å². The molecule has 0 aliphatic rings. The number of nitro groups is 1. The highest BCUT2D eigenvalue weighted by Crippen LogP contribution is 2.28. The zero-order valence-corrected chi connectivity index (χ0v) is 9.09. The maximum atomic E-state index is 10.4. The first-order chi connectivity index (χ1) is 7.00. The topological polar surface area (TPSA) is 52.4 Å². The molecule has 80 valence electrons. The molecule has 0 aromatic heterocycles. The van der Waals surface area contributed by atoms with Gasteiger partial charge < -0.3 is 4.74 Å². The maximum absolute atomic E-state index is 10.4. The predicted octanol–water partition coefficient (Wildman–Crippen LogP) is 3.38. The Kier molecular flexibility index (Phi) is 3.94. The summed E-state index contributed by atoms with van der Waals surface area (Å²) in [5, 5.41) is 10.8. The Labute approximate surface area is 96.2 Å². The number of nitrogens with zero attached hydrogens (tertiary/aromatic N) is 1. The highest BCUT2D eigenvalue weighted by atomic mass is 35.5. The molecular weight excluding hydrogens is 241 g/mol. The fourth-order valence-electron chi connectivity index (χ4n) is 0.887. The van der Waals surface area contributed by atoms with E-state index in [1.54, 1.807) is 0 Å². The van der Waals surface area contributed by atoms with Gasteiger partial charge in [-0.3, -0.25) is 10.1 Å². The molecule has 1 aromatic carbocycles. The van der Waals surface area contributed by atoms with Crippen LogP contribution in [0.15, 0.2) is 29.8 Å². The molecule has 0 amide bonds. The van der Waals surface area contributed by atoms with Crippen LogP contribution in [0.4, 0.5) is 5.69 Å². The molecule has 6 heteroatoms. The number of benzene rings is 1. The first-order valence-electron chi connectivity index (χ1n) is 3.90. The molecule has 0 aliphatic carbocycles. The lowest BCUT2D eigenvalue weighted by Gasteiger charge is -2.04. The van der Waals surface area contributed by atoms with E-state index < -0.39 is 4.92 Å². The molecule has 0 radical (unpaired) electrons. The van der Waals surface area contributed by atoms with Gasteiger partial charge >= 0.3 is 0 Å². The van der Waals surface area contributed by atoms with Crippen molar-refractivity contribution in [1.82, 2.24) is 0 Å². The van der Waals surface area contributed by atoms with Crippen molar-refractivity contribution < 1.29 is 9.66 Å². The van der Waals surface area contributed by atoms with E-state index in [-0.39, 0.29) is 17.3 Å². The molecule has 0 heterocycles. The van der Waals surface area contributed by atoms with Crippen molar-refractivity contribution in [2.45, 2.75) is 0 Å². The molecule has 4 nitrogen and oxygen atoms in total. The number of nitro benzene ring substituents is 1. The summed E-state index contributed by atoms with van der Waals surface area (Å²) in [6.07, 6.45) is 0. The molecule has 15 heavy (non-hydrogen) atoms. The van der Waals surface area contributed by atoms with Crippen LogP contribution in [0.2, 0.25) is 5.02 Å². The van der Waals surface area contributed by atoms with Crippen LogP contribution in [0, 0.1) is 10.1 Å². The summed E-state index contributed by atoms with van der Waals surface area (Å²) in [6, 6.07) is 4.08. The Bertz CT molecular complexity index is 406. The zero-order chi connectivity index (χ0) is 11.4. The van der Waals surface area contributed by atoms with Crippen molar-refractivity contribution in [1.29, 1.82) is 0 Å². The smallest absolute Gasteiger partial charge is 0.288 e. The summed E-state index contributed by atoms with van der Waals surface area (Å²) in [4.78, 5) is 9.88. The van der Waals surface area contributed by atoms with Crippen LogP contribution in [0.1, 0.15) is 0 Å². The van der Waals surface area contributed by atoms with Crippen molar-refractivity contribution in [3.8, 4) is 5.75 Å². The third-order valence-corrected chi connectivity index (χ3v) is 1.92. The summed E-state index contributed by atoms with van der Waals surface area (Å²) in [6.45, 7) is 3.57. The van der Waals surface area contributed by atoms with Gasteiger partial charge in [-0.05, 0) is 6.07 Å². The van der Waals surface area contributed by atoms with Crippen molar-refractivity contribution in [3.63, 3.8) is 0 Å². The van der Waals surface area contributed by atoms with Crippen LogP contribution in [0.25, 0.3) is 0 Å². The van der Waals surface area contributed by atoms with Gasteiger partial charge in [-0.25, -0.2) is 0 Å². The molecule has 0 N–H and O–H groups in total. The Morgan fingerprint density at radius 3 is 2.73 bits per heavy atom. The normalized spacial score (nSPS) is 9.73. The predicted molar refractivity (Wildman–Crippen MR) is 58.6 cm³/mol. The zero-order valence-electron chi connectivity index (χ0n) is 7.57. The lowest BCUT2D eigenvalue weighted by molar-refractivity contribution is -0.384. The minimum absolute atomic E-state index is 0.0256. The molecule has 0 saturated carbocycles. The molecule has 0 unspecified atom stereocenters. The number of hydrogen-bond acceptors (Lipinski definition) is 3. The van der Waals surface area contributed by atoms with Gasteiger partial charge in [0.2, 0.25) is 0 Å². The second-order valence-electron chi connectivity index (χ2n) is 2.68. The standard InChI is InChI=1S/C9H7Cl2NO3/c1-6(10)5-15-7-2-3-9(12(13)14)8(11)4-7/h2-4H,1,5H2. The molecule has 1 rings (SSSR count).